The van der Waals surface area contributed by atoms with E-state index >= 15 is 0 Å². The number of aliphatic hydroxyl groups is 1. The molecule has 1 N–H and O–H groups in total. The molecular formula is C15H16O3. The van der Waals surface area contributed by atoms with Gasteiger partial charge in [-0.3, -0.25) is 0 Å². The monoisotopic (exact) mass is 244 g/mol. The summed E-state index contributed by atoms with van der Waals surface area (Å²) in [5, 5.41) is 10.3. The summed E-state index contributed by atoms with van der Waals surface area (Å²) in [6.07, 6.45) is -0.685. The molecule has 3 heteroatoms. The lowest BCUT2D eigenvalue weighted by Crippen LogP contribution is -2.00. The lowest BCUT2D eigenvalue weighted by molar-refractivity contribution is 0.219. The highest BCUT2D eigenvalue weighted by atomic mass is 16.5. The van der Waals surface area contributed by atoms with E-state index < -0.39 is 6.10 Å². The normalized spacial score (nSPS) is 11.9. The molecule has 0 aliphatic carbocycles. The van der Waals surface area contributed by atoms with Crippen LogP contribution in [0.3, 0.4) is 0 Å². The van der Waals surface area contributed by atoms with E-state index in [1.165, 1.54) is 0 Å². The van der Waals surface area contributed by atoms with Gasteiger partial charge in [0.15, 0.2) is 0 Å². The highest BCUT2D eigenvalue weighted by molar-refractivity contribution is 5.42. The average molecular weight is 244 g/mol. The third-order valence-electron chi connectivity index (χ3n) is 2.80. The summed E-state index contributed by atoms with van der Waals surface area (Å²) in [4.78, 5) is 0. The molecule has 2 aromatic carbocycles. The SMILES string of the molecule is COc1cc(OC)cc(C(O)c2ccccc2)c1. The van der Waals surface area contributed by atoms with Crippen molar-refractivity contribution in [2.75, 3.05) is 14.2 Å². The zero-order valence-corrected chi connectivity index (χ0v) is 10.5. The number of aliphatic hydroxyl groups excluding tert-OH is 1. The quantitative estimate of drug-likeness (QED) is 0.898. The van der Waals surface area contributed by atoms with E-state index in [9.17, 15) is 5.11 Å². The third kappa shape index (κ3) is 2.63. The standard InChI is InChI=1S/C15H16O3/c1-17-13-8-12(9-14(10-13)18-2)15(16)11-6-4-3-5-7-11/h3-10,15-16H,1-2H3. The second-order valence-electron chi connectivity index (χ2n) is 3.96. The van der Waals surface area contributed by atoms with Crippen LogP contribution in [-0.2, 0) is 0 Å². The van der Waals surface area contributed by atoms with Gasteiger partial charge in [-0.1, -0.05) is 30.3 Å². The molecule has 3 nitrogen and oxygen atoms in total. The largest absolute Gasteiger partial charge is 0.497 e. The molecule has 0 bridgehead atoms. The summed E-state index contributed by atoms with van der Waals surface area (Å²) in [7, 11) is 3.18. The fraction of sp³-hybridized carbons (Fsp3) is 0.200. The van der Waals surface area contributed by atoms with Gasteiger partial charge in [0.25, 0.3) is 0 Å². The molecule has 0 aliphatic heterocycles. The van der Waals surface area contributed by atoms with Crippen LogP contribution in [0.5, 0.6) is 11.5 Å². The van der Waals surface area contributed by atoms with Crippen LogP contribution in [0.15, 0.2) is 48.5 Å². The topological polar surface area (TPSA) is 38.7 Å². The minimum Gasteiger partial charge on any atom is -0.497 e. The van der Waals surface area contributed by atoms with Crippen LogP contribution in [0, 0.1) is 0 Å². The second kappa shape index (κ2) is 5.56. The van der Waals surface area contributed by atoms with Crippen molar-refractivity contribution in [2.24, 2.45) is 0 Å². The highest BCUT2D eigenvalue weighted by Crippen LogP contribution is 2.29. The fourth-order valence-electron chi connectivity index (χ4n) is 1.82. The number of hydrogen-bond acceptors (Lipinski definition) is 3. The molecule has 1 atom stereocenters. The van der Waals surface area contributed by atoms with Crippen molar-refractivity contribution in [1.29, 1.82) is 0 Å². The molecule has 94 valence electrons. The van der Waals surface area contributed by atoms with Crippen LogP contribution in [-0.4, -0.2) is 19.3 Å². The molecule has 0 amide bonds. The molecule has 0 aliphatic rings. The summed E-state index contributed by atoms with van der Waals surface area (Å²) in [6, 6.07) is 14.9. The predicted octanol–water partition coefficient (Wildman–Crippen LogP) is 2.79. The molecule has 0 saturated carbocycles. The zero-order chi connectivity index (χ0) is 13.0. The fourth-order valence-corrected chi connectivity index (χ4v) is 1.82. The lowest BCUT2D eigenvalue weighted by atomic mass is 10.0. The molecule has 2 aromatic rings. The Labute approximate surface area is 107 Å². The molecule has 18 heavy (non-hydrogen) atoms. The number of rotatable bonds is 4. The summed E-state index contributed by atoms with van der Waals surface area (Å²) < 4.78 is 10.4. The van der Waals surface area contributed by atoms with Crippen molar-refractivity contribution in [2.45, 2.75) is 6.10 Å². The van der Waals surface area contributed by atoms with Gasteiger partial charge in [-0.2, -0.15) is 0 Å². The smallest absolute Gasteiger partial charge is 0.122 e. The maximum atomic E-state index is 10.3. The third-order valence-corrected chi connectivity index (χ3v) is 2.80. The Kier molecular flexibility index (Phi) is 3.85. The van der Waals surface area contributed by atoms with E-state index in [1.807, 2.05) is 30.3 Å². The molecule has 0 fully saturated rings. The van der Waals surface area contributed by atoms with E-state index in [0.717, 1.165) is 11.1 Å². The van der Waals surface area contributed by atoms with Gasteiger partial charge >= 0.3 is 0 Å². The molecule has 0 aromatic heterocycles. The molecule has 0 spiro atoms. The number of hydrogen-bond donors (Lipinski definition) is 1. The summed E-state index contributed by atoms with van der Waals surface area (Å²) >= 11 is 0. The van der Waals surface area contributed by atoms with Crippen molar-refractivity contribution in [3.8, 4) is 11.5 Å². The Morgan fingerprint density at radius 1 is 0.833 bits per heavy atom. The van der Waals surface area contributed by atoms with Crippen LogP contribution in [0.1, 0.15) is 17.2 Å². The number of ether oxygens (including phenoxy) is 2. The van der Waals surface area contributed by atoms with Gasteiger partial charge in [-0.05, 0) is 23.3 Å². The Balaban J connectivity index is 2.38. The first kappa shape index (κ1) is 12.5. The summed E-state index contributed by atoms with van der Waals surface area (Å²) in [6.45, 7) is 0. The highest BCUT2D eigenvalue weighted by Gasteiger charge is 2.12. The first-order valence-corrected chi connectivity index (χ1v) is 5.70. The Hall–Kier alpha value is -2.00. The van der Waals surface area contributed by atoms with Crippen LogP contribution in [0.4, 0.5) is 0 Å². The van der Waals surface area contributed by atoms with Crippen molar-refractivity contribution >= 4 is 0 Å². The van der Waals surface area contributed by atoms with Crippen LogP contribution < -0.4 is 9.47 Å². The van der Waals surface area contributed by atoms with Gasteiger partial charge in [0.05, 0.1) is 14.2 Å². The maximum absolute atomic E-state index is 10.3. The molecule has 1 unspecified atom stereocenters. The Bertz CT molecular complexity index is 486. The van der Waals surface area contributed by atoms with E-state index in [4.69, 9.17) is 9.47 Å². The van der Waals surface area contributed by atoms with Crippen LogP contribution in [0.25, 0.3) is 0 Å². The maximum Gasteiger partial charge on any atom is 0.122 e. The first-order valence-electron chi connectivity index (χ1n) is 5.70. The van der Waals surface area contributed by atoms with Crippen LogP contribution in [0.2, 0.25) is 0 Å². The second-order valence-corrected chi connectivity index (χ2v) is 3.96. The van der Waals surface area contributed by atoms with E-state index in [1.54, 1.807) is 32.4 Å². The Morgan fingerprint density at radius 3 is 1.89 bits per heavy atom. The number of benzene rings is 2. The van der Waals surface area contributed by atoms with Crippen molar-refractivity contribution in [3.05, 3.63) is 59.7 Å². The van der Waals surface area contributed by atoms with E-state index in [0.29, 0.717) is 11.5 Å². The molecule has 0 heterocycles. The van der Waals surface area contributed by atoms with Crippen molar-refractivity contribution in [1.82, 2.24) is 0 Å². The molecule has 0 saturated heterocycles. The minimum absolute atomic E-state index is 0.666. The van der Waals surface area contributed by atoms with Gasteiger partial charge in [0.1, 0.15) is 17.6 Å². The molecule has 2 rings (SSSR count). The Morgan fingerprint density at radius 2 is 1.39 bits per heavy atom. The summed E-state index contributed by atoms with van der Waals surface area (Å²) in [5.74, 6) is 1.33. The van der Waals surface area contributed by atoms with Gasteiger partial charge in [0, 0.05) is 6.07 Å². The van der Waals surface area contributed by atoms with Gasteiger partial charge in [0.2, 0.25) is 0 Å². The van der Waals surface area contributed by atoms with Gasteiger partial charge in [-0.25, -0.2) is 0 Å². The first-order chi connectivity index (χ1) is 8.74. The van der Waals surface area contributed by atoms with Crippen LogP contribution >= 0.6 is 0 Å². The van der Waals surface area contributed by atoms with E-state index in [2.05, 4.69) is 0 Å². The lowest BCUT2D eigenvalue weighted by Gasteiger charge is -2.14. The zero-order valence-electron chi connectivity index (χ0n) is 10.5. The molecular weight excluding hydrogens is 228 g/mol. The van der Waals surface area contributed by atoms with Crippen molar-refractivity contribution < 1.29 is 14.6 Å². The summed E-state index contributed by atoms with van der Waals surface area (Å²) in [5.41, 5.74) is 1.59. The van der Waals surface area contributed by atoms with E-state index in [-0.39, 0.29) is 0 Å². The van der Waals surface area contributed by atoms with Crippen molar-refractivity contribution in [3.63, 3.8) is 0 Å². The number of methoxy groups -OCH3 is 2. The van der Waals surface area contributed by atoms with Gasteiger partial charge < -0.3 is 14.6 Å². The predicted molar refractivity (Wildman–Crippen MR) is 70.0 cm³/mol. The average Bonchev–Trinajstić information content (AvgIpc) is 2.46. The molecule has 0 radical (unpaired) electrons. The minimum atomic E-state index is -0.685. The van der Waals surface area contributed by atoms with Gasteiger partial charge in [-0.15, -0.1) is 0 Å².